The average Bonchev–Trinajstić information content (AvgIpc) is 2.27. The first-order valence-electron chi connectivity index (χ1n) is 6.52. The molecule has 1 aliphatic carbocycles. The molecule has 4 heteroatoms. The summed E-state index contributed by atoms with van der Waals surface area (Å²) in [6.07, 6.45) is -0.170. The molecule has 0 saturated heterocycles. The van der Waals surface area contributed by atoms with Crippen LogP contribution in [0, 0.1) is 5.92 Å². The van der Waals surface area contributed by atoms with Gasteiger partial charge in [0.15, 0.2) is 0 Å². The molecule has 0 heterocycles. The van der Waals surface area contributed by atoms with Gasteiger partial charge in [-0.25, -0.2) is 9.18 Å². The molecular weight excluding hydrogens is 235 g/mol. The van der Waals surface area contributed by atoms with Crippen molar-refractivity contribution in [2.45, 2.75) is 58.7 Å². The number of carbonyl (C=O) groups is 1. The quantitative estimate of drug-likeness (QED) is 0.625. The first-order chi connectivity index (χ1) is 8.32. The third-order valence-corrected chi connectivity index (χ3v) is 3.59. The molecule has 0 aromatic rings. The maximum absolute atomic E-state index is 14.3. The molecule has 3 nitrogen and oxygen atoms in total. The maximum Gasteiger partial charge on any atom is 0.344 e. The van der Waals surface area contributed by atoms with Gasteiger partial charge in [-0.05, 0) is 51.5 Å². The van der Waals surface area contributed by atoms with E-state index in [4.69, 9.17) is 0 Å². The molecule has 1 fully saturated rings. The SMILES string of the molecule is CCOC(=O)C(F)C1(O)CC(C)CCC1=C(C)C. The number of aliphatic hydroxyl groups is 1. The van der Waals surface area contributed by atoms with Crippen LogP contribution in [0.5, 0.6) is 0 Å². The molecule has 1 N–H and O–H groups in total. The lowest BCUT2D eigenvalue weighted by molar-refractivity contribution is -0.160. The average molecular weight is 258 g/mol. The van der Waals surface area contributed by atoms with Crippen LogP contribution in [0.4, 0.5) is 4.39 Å². The second-order valence-electron chi connectivity index (χ2n) is 5.37. The minimum Gasteiger partial charge on any atom is -0.464 e. The minimum atomic E-state index is -2.00. The number of halogens is 1. The molecule has 0 bridgehead atoms. The number of rotatable bonds is 3. The van der Waals surface area contributed by atoms with Gasteiger partial charge in [0, 0.05) is 0 Å². The van der Waals surface area contributed by atoms with Crippen molar-refractivity contribution in [3.8, 4) is 0 Å². The van der Waals surface area contributed by atoms with Crippen LogP contribution in [-0.4, -0.2) is 29.5 Å². The topological polar surface area (TPSA) is 46.5 Å². The summed E-state index contributed by atoms with van der Waals surface area (Å²) in [6.45, 7) is 7.39. The monoisotopic (exact) mass is 258 g/mol. The third-order valence-electron chi connectivity index (χ3n) is 3.59. The predicted molar refractivity (Wildman–Crippen MR) is 67.9 cm³/mol. The van der Waals surface area contributed by atoms with Gasteiger partial charge >= 0.3 is 5.97 Å². The summed E-state index contributed by atoms with van der Waals surface area (Å²) >= 11 is 0. The Labute approximate surface area is 108 Å². The summed E-state index contributed by atoms with van der Waals surface area (Å²) in [7, 11) is 0. The highest BCUT2D eigenvalue weighted by molar-refractivity contribution is 5.77. The van der Waals surface area contributed by atoms with E-state index in [0.717, 1.165) is 12.0 Å². The molecule has 0 aliphatic heterocycles. The Morgan fingerprint density at radius 2 is 2.22 bits per heavy atom. The van der Waals surface area contributed by atoms with E-state index < -0.39 is 17.7 Å². The van der Waals surface area contributed by atoms with Crippen LogP contribution in [0.2, 0.25) is 0 Å². The Hall–Kier alpha value is -0.900. The zero-order chi connectivity index (χ0) is 13.9. The molecule has 1 rings (SSSR count). The largest absolute Gasteiger partial charge is 0.464 e. The van der Waals surface area contributed by atoms with E-state index in [1.165, 1.54) is 0 Å². The smallest absolute Gasteiger partial charge is 0.344 e. The standard InChI is InChI=1S/C14H23FO3/c1-5-18-13(16)12(15)14(17)8-10(4)6-7-11(14)9(2)3/h10,12,17H,5-8H2,1-4H3. The molecular formula is C14H23FO3. The number of carbonyl (C=O) groups excluding carboxylic acids is 1. The van der Waals surface area contributed by atoms with Crippen molar-refractivity contribution < 1.29 is 19.0 Å². The van der Waals surface area contributed by atoms with Crippen molar-refractivity contribution in [1.29, 1.82) is 0 Å². The summed E-state index contributed by atoms with van der Waals surface area (Å²) in [4.78, 5) is 11.5. The van der Waals surface area contributed by atoms with Gasteiger partial charge in [0.2, 0.25) is 6.17 Å². The van der Waals surface area contributed by atoms with E-state index in [0.29, 0.717) is 12.0 Å². The molecule has 1 aliphatic rings. The van der Waals surface area contributed by atoms with Crippen molar-refractivity contribution in [3.63, 3.8) is 0 Å². The number of esters is 1. The molecule has 0 spiro atoms. The number of hydrogen-bond donors (Lipinski definition) is 1. The van der Waals surface area contributed by atoms with Gasteiger partial charge in [-0.2, -0.15) is 0 Å². The number of ether oxygens (including phenoxy) is 1. The van der Waals surface area contributed by atoms with Crippen molar-refractivity contribution in [2.75, 3.05) is 6.61 Å². The summed E-state index contributed by atoms with van der Waals surface area (Å²) in [5.74, 6) is -0.765. The van der Waals surface area contributed by atoms with E-state index in [1.807, 2.05) is 20.8 Å². The van der Waals surface area contributed by atoms with Crippen LogP contribution in [0.3, 0.4) is 0 Å². The van der Waals surface area contributed by atoms with Gasteiger partial charge in [0.1, 0.15) is 5.60 Å². The molecule has 1 saturated carbocycles. The fourth-order valence-electron chi connectivity index (χ4n) is 2.71. The molecule has 3 atom stereocenters. The molecule has 0 aromatic carbocycles. The van der Waals surface area contributed by atoms with Gasteiger partial charge in [0.05, 0.1) is 6.61 Å². The van der Waals surface area contributed by atoms with Gasteiger partial charge in [0.25, 0.3) is 0 Å². The first-order valence-corrected chi connectivity index (χ1v) is 6.52. The Balaban J connectivity index is 3.04. The lowest BCUT2D eigenvalue weighted by Crippen LogP contribution is -2.50. The van der Waals surface area contributed by atoms with E-state index in [1.54, 1.807) is 6.92 Å². The van der Waals surface area contributed by atoms with Gasteiger partial charge in [-0.15, -0.1) is 0 Å². The van der Waals surface area contributed by atoms with Crippen LogP contribution in [-0.2, 0) is 9.53 Å². The van der Waals surface area contributed by atoms with Gasteiger partial charge in [-0.3, -0.25) is 0 Å². The Kier molecular flexibility index (Phi) is 4.91. The lowest BCUT2D eigenvalue weighted by atomic mass is 9.71. The van der Waals surface area contributed by atoms with E-state index >= 15 is 0 Å². The maximum atomic E-state index is 14.3. The third kappa shape index (κ3) is 2.91. The number of alkyl halides is 1. The second-order valence-corrected chi connectivity index (χ2v) is 5.37. The van der Waals surface area contributed by atoms with E-state index in [9.17, 15) is 14.3 Å². The van der Waals surface area contributed by atoms with Crippen LogP contribution in [0.15, 0.2) is 11.1 Å². The van der Waals surface area contributed by atoms with Crippen molar-refractivity contribution in [2.24, 2.45) is 5.92 Å². The van der Waals surface area contributed by atoms with Crippen molar-refractivity contribution in [3.05, 3.63) is 11.1 Å². The molecule has 104 valence electrons. The van der Waals surface area contributed by atoms with Crippen molar-refractivity contribution >= 4 is 5.97 Å². The highest BCUT2D eigenvalue weighted by Gasteiger charge is 2.48. The zero-order valence-corrected chi connectivity index (χ0v) is 11.6. The molecule has 0 amide bonds. The van der Waals surface area contributed by atoms with E-state index in [-0.39, 0.29) is 18.9 Å². The molecule has 3 unspecified atom stereocenters. The minimum absolute atomic E-state index is 0.120. The highest BCUT2D eigenvalue weighted by Crippen LogP contribution is 2.41. The Bertz CT molecular complexity index is 347. The summed E-state index contributed by atoms with van der Waals surface area (Å²) in [5, 5.41) is 10.6. The summed E-state index contributed by atoms with van der Waals surface area (Å²) < 4.78 is 19.0. The number of hydrogen-bond acceptors (Lipinski definition) is 3. The highest BCUT2D eigenvalue weighted by atomic mass is 19.1. The molecule has 0 aromatic heterocycles. The van der Waals surface area contributed by atoms with Crippen LogP contribution in [0.1, 0.15) is 47.0 Å². The van der Waals surface area contributed by atoms with Crippen LogP contribution in [0.25, 0.3) is 0 Å². The predicted octanol–water partition coefficient (Wildman–Crippen LogP) is 2.78. The lowest BCUT2D eigenvalue weighted by Gasteiger charge is -2.40. The first kappa shape index (κ1) is 15.2. The number of allylic oxidation sites excluding steroid dienone is 1. The Morgan fingerprint density at radius 3 is 2.72 bits per heavy atom. The summed E-state index contributed by atoms with van der Waals surface area (Å²) in [5.41, 5.74) is -0.152. The van der Waals surface area contributed by atoms with E-state index in [2.05, 4.69) is 4.74 Å². The summed E-state index contributed by atoms with van der Waals surface area (Å²) in [6, 6.07) is 0. The zero-order valence-electron chi connectivity index (χ0n) is 11.6. The normalized spacial score (nSPS) is 29.9. The molecule has 18 heavy (non-hydrogen) atoms. The molecule has 0 radical (unpaired) electrons. The Morgan fingerprint density at radius 1 is 1.61 bits per heavy atom. The van der Waals surface area contributed by atoms with Gasteiger partial charge < -0.3 is 9.84 Å². The second kappa shape index (κ2) is 5.83. The fourth-order valence-corrected chi connectivity index (χ4v) is 2.71. The van der Waals surface area contributed by atoms with Crippen LogP contribution < -0.4 is 0 Å². The van der Waals surface area contributed by atoms with Gasteiger partial charge in [-0.1, -0.05) is 12.5 Å². The van der Waals surface area contributed by atoms with Crippen LogP contribution >= 0.6 is 0 Å². The fraction of sp³-hybridized carbons (Fsp3) is 0.786. The van der Waals surface area contributed by atoms with Crippen molar-refractivity contribution in [1.82, 2.24) is 0 Å².